The maximum atomic E-state index is 6.50. The minimum atomic E-state index is 0. The first-order valence-corrected chi connectivity index (χ1v) is 0.516. The van der Waals surface area contributed by atoms with Gasteiger partial charge in [-0.25, -0.2) is 11.8 Å². The van der Waals surface area contributed by atoms with Gasteiger partial charge in [-0.3, -0.25) is 0 Å². The molecule has 0 aliphatic rings. The van der Waals surface area contributed by atoms with E-state index in [0.29, 0.717) is 0 Å². The van der Waals surface area contributed by atoms with Gasteiger partial charge in [0.2, 0.25) is 0 Å². The van der Waals surface area contributed by atoms with E-state index in [1.54, 1.807) is 0 Å². The van der Waals surface area contributed by atoms with Crippen LogP contribution in [0.2, 0.25) is 0 Å². The molecule has 0 aliphatic carbocycles. The van der Waals surface area contributed by atoms with E-state index >= 15 is 0 Å². The SMILES string of the molecule is NO.NO.[Cl-].[Cl-].[Sm+2]. The van der Waals surface area contributed by atoms with Gasteiger partial charge in [0.05, 0.1) is 0 Å². The molecule has 0 aliphatic heterocycles. The quantitative estimate of drug-likeness (QED) is 0.333. The van der Waals surface area contributed by atoms with E-state index in [-0.39, 0.29) is 65.2 Å². The fraction of sp³-hybridized carbons (Fsp3) is 0. The van der Waals surface area contributed by atoms with Gasteiger partial charge in [0.15, 0.2) is 0 Å². The molecule has 0 rings (SSSR count). The van der Waals surface area contributed by atoms with Crippen molar-refractivity contribution < 1.29 is 75.6 Å². The summed E-state index contributed by atoms with van der Waals surface area (Å²) in [7, 11) is 0. The average Bonchev–Trinajstić information content (AvgIpc) is 1.50. The summed E-state index contributed by atoms with van der Waals surface area (Å²) >= 11 is 0. The van der Waals surface area contributed by atoms with Gasteiger partial charge in [-0.2, -0.15) is 0 Å². The second-order valence-electron chi connectivity index (χ2n) is 0. The van der Waals surface area contributed by atoms with Gasteiger partial charge >= 0.3 is 40.4 Å². The van der Waals surface area contributed by atoms with E-state index in [9.17, 15) is 0 Å². The van der Waals surface area contributed by atoms with Crippen LogP contribution in [-0.2, 0) is 0 Å². The molecule has 0 aromatic carbocycles. The summed E-state index contributed by atoms with van der Waals surface area (Å²) in [5, 5.41) is 13.0. The molecule has 0 atom stereocenters. The fourth-order valence-electron chi connectivity index (χ4n) is 0. The molecule has 0 spiro atoms. The number of halogens is 2. The summed E-state index contributed by atoms with van der Waals surface area (Å²) in [5.74, 6) is 7.00. The molecule has 0 saturated heterocycles. The molecule has 6 N–H and O–H groups in total. The molecule has 0 fully saturated rings. The van der Waals surface area contributed by atoms with Crippen LogP contribution >= 0.6 is 0 Å². The molecule has 0 saturated carbocycles. The van der Waals surface area contributed by atoms with Gasteiger partial charge in [-0.1, -0.05) is 0 Å². The zero-order valence-electron chi connectivity index (χ0n) is 3.21. The Hall–Kier alpha value is 1.76. The van der Waals surface area contributed by atoms with Crippen molar-refractivity contribution in [3.63, 3.8) is 0 Å². The van der Waals surface area contributed by atoms with E-state index in [0.717, 1.165) is 0 Å². The first-order chi connectivity index (χ1) is 2.00. The van der Waals surface area contributed by atoms with Gasteiger partial charge < -0.3 is 35.2 Å². The minimum absolute atomic E-state index is 0. The molecule has 48 valence electrons. The molecular weight excluding hydrogens is 281 g/mol. The van der Waals surface area contributed by atoms with Crippen molar-refractivity contribution >= 4 is 0 Å². The maximum Gasteiger partial charge on any atom is 2.00 e. The van der Waals surface area contributed by atoms with Gasteiger partial charge in [-0.15, -0.1) is 0 Å². The average molecular weight is 287 g/mol. The molecule has 0 aromatic rings. The van der Waals surface area contributed by atoms with Crippen LogP contribution in [0.25, 0.3) is 0 Å². The Morgan fingerprint density at radius 2 is 0.714 bits per heavy atom. The maximum absolute atomic E-state index is 6.50. The van der Waals surface area contributed by atoms with Crippen LogP contribution in [-0.4, -0.2) is 10.4 Å². The minimum Gasteiger partial charge on any atom is -1.00 e. The molecule has 0 amide bonds. The molecule has 0 heterocycles. The molecule has 0 aromatic heterocycles. The Kier molecular flexibility index (Phi) is 611. The monoisotopic (exact) mass is 288 g/mol. The number of nitrogens with two attached hydrogens (primary N) is 2. The summed E-state index contributed by atoms with van der Waals surface area (Å²) in [6.45, 7) is 0. The predicted molar refractivity (Wildman–Crippen MR) is 11.9 cm³/mol. The molecule has 0 bridgehead atoms. The van der Waals surface area contributed by atoms with Crippen molar-refractivity contribution in [3.05, 3.63) is 0 Å². The Morgan fingerprint density at radius 3 is 0.714 bits per heavy atom. The Labute approximate surface area is 86.5 Å². The second-order valence-corrected chi connectivity index (χ2v) is 0. The number of rotatable bonds is 0. The van der Waals surface area contributed by atoms with Crippen LogP contribution in [0.4, 0.5) is 0 Å². The van der Waals surface area contributed by atoms with Crippen molar-refractivity contribution in [3.8, 4) is 0 Å². The fourth-order valence-corrected chi connectivity index (χ4v) is 0. The van der Waals surface area contributed by atoms with E-state index in [4.69, 9.17) is 10.4 Å². The van der Waals surface area contributed by atoms with Gasteiger partial charge in [0.25, 0.3) is 0 Å². The summed E-state index contributed by atoms with van der Waals surface area (Å²) in [5.41, 5.74) is 0. The van der Waals surface area contributed by atoms with Crippen LogP contribution in [0.3, 0.4) is 0 Å². The van der Waals surface area contributed by atoms with Gasteiger partial charge in [0.1, 0.15) is 0 Å². The zero-order valence-corrected chi connectivity index (χ0v) is 7.34. The molecule has 0 radical (unpaired) electrons. The first-order valence-electron chi connectivity index (χ1n) is 0.516. The van der Waals surface area contributed by atoms with Crippen LogP contribution in [0.1, 0.15) is 0 Å². The Morgan fingerprint density at radius 1 is 0.714 bits per heavy atom. The van der Waals surface area contributed by atoms with E-state index in [1.165, 1.54) is 0 Å². The smallest absolute Gasteiger partial charge is 1.00 e. The summed E-state index contributed by atoms with van der Waals surface area (Å²) in [4.78, 5) is 0. The van der Waals surface area contributed by atoms with Crippen molar-refractivity contribution in [2.75, 3.05) is 0 Å². The van der Waals surface area contributed by atoms with Crippen LogP contribution in [0, 0.1) is 40.4 Å². The number of hydrogen-bond donors (Lipinski definition) is 4. The Bertz CT molecular complexity index is 13.7. The van der Waals surface area contributed by atoms with Crippen molar-refractivity contribution in [1.29, 1.82) is 0 Å². The van der Waals surface area contributed by atoms with Gasteiger partial charge in [0, 0.05) is 0 Å². The first kappa shape index (κ1) is 37.3. The molecule has 7 heavy (non-hydrogen) atoms. The molecule has 7 heteroatoms. The summed E-state index contributed by atoms with van der Waals surface area (Å²) in [6, 6.07) is 0. The number of hydrogen-bond acceptors (Lipinski definition) is 4. The van der Waals surface area contributed by atoms with Crippen LogP contribution in [0.5, 0.6) is 0 Å². The van der Waals surface area contributed by atoms with Crippen molar-refractivity contribution in [2.24, 2.45) is 11.8 Å². The third-order valence-electron chi connectivity index (χ3n) is 0. The summed E-state index contributed by atoms with van der Waals surface area (Å²) < 4.78 is 0. The summed E-state index contributed by atoms with van der Waals surface area (Å²) in [6.07, 6.45) is 0. The Balaban J connectivity index is -0.00000000267. The van der Waals surface area contributed by atoms with Crippen molar-refractivity contribution in [2.45, 2.75) is 0 Å². The van der Waals surface area contributed by atoms with Crippen LogP contribution in [0.15, 0.2) is 0 Å². The van der Waals surface area contributed by atoms with Crippen LogP contribution < -0.4 is 36.6 Å². The largest absolute Gasteiger partial charge is 2.00 e. The molecule has 0 unspecified atom stereocenters. The zero-order chi connectivity index (χ0) is 4.00. The normalized spacial score (nSPS) is 1.71. The molecule has 4 nitrogen and oxygen atoms in total. The predicted octanol–water partition coefficient (Wildman–Crippen LogP) is -7.32. The van der Waals surface area contributed by atoms with E-state index < -0.39 is 0 Å². The topological polar surface area (TPSA) is 92.5 Å². The van der Waals surface area contributed by atoms with E-state index in [1.807, 2.05) is 0 Å². The standard InChI is InChI=1S/2ClH.2H3NO.Sm/c;;2*1-2;/h2*1H;2*2H,1H2;/q;;;;+2/p-2. The van der Waals surface area contributed by atoms with Gasteiger partial charge in [-0.05, 0) is 0 Å². The molecular formula is H6Cl2N2O2Sm. The third kappa shape index (κ3) is 83.2. The van der Waals surface area contributed by atoms with Crippen molar-refractivity contribution in [1.82, 2.24) is 0 Å². The second kappa shape index (κ2) is 115. The third-order valence-corrected chi connectivity index (χ3v) is 0. The van der Waals surface area contributed by atoms with E-state index in [2.05, 4.69) is 11.8 Å².